The summed E-state index contributed by atoms with van der Waals surface area (Å²) in [5.41, 5.74) is 9.28. The molecule has 2 rings (SSSR count). The third-order valence-corrected chi connectivity index (χ3v) is 3.25. The second-order valence-electron chi connectivity index (χ2n) is 5.25. The van der Waals surface area contributed by atoms with E-state index in [1.54, 1.807) is 0 Å². The van der Waals surface area contributed by atoms with Crippen molar-refractivity contribution in [3.8, 4) is 0 Å². The SMILES string of the molecule is CCCc1ccc(Nc2ncnc(N)c2C(C)C)cc1. The number of nitrogens with two attached hydrogens (primary N) is 1. The predicted octanol–water partition coefficient (Wildman–Crippen LogP) is 3.88. The van der Waals surface area contributed by atoms with E-state index >= 15 is 0 Å². The average molecular weight is 270 g/mol. The largest absolute Gasteiger partial charge is 0.383 e. The normalized spacial score (nSPS) is 10.8. The van der Waals surface area contributed by atoms with Gasteiger partial charge in [0, 0.05) is 11.3 Å². The minimum atomic E-state index is 0.276. The van der Waals surface area contributed by atoms with Crippen molar-refractivity contribution in [1.82, 2.24) is 9.97 Å². The van der Waals surface area contributed by atoms with Gasteiger partial charge < -0.3 is 11.1 Å². The van der Waals surface area contributed by atoms with Crippen LogP contribution in [0.5, 0.6) is 0 Å². The Morgan fingerprint density at radius 3 is 2.45 bits per heavy atom. The van der Waals surface area contributed by atoms with E-state index in [0.717, 1.165) is 29.9 Å². The van der Waals surface area contributed by atoms with Crippen molar-refractivity contribution in [3.05, 3.63) is 41.7 Å². The van der Waals surface area contributed by atoms with Crippen LogP contribution in [-0.4, -0.2) is 9.97 Å². The summed E-state index contributed by atoms with van der Waals surface area (Å²) in [5, 5.41) is 3.33. The van der Waals surface area contributed by atoms with Gasteiger partial charge in [0.05, 0.1) is 0 Å². The molecule has 0 fully saturated rings. The number of aromatic nitrogens is 2. The highest BCUT2D eigenvalue weighted by atomic mass is 15.0. The highest BCUT2D eigenvalue weighted by Gasteiger charge is 2.12. The van der Waals surface area contributed by atoms with Crippen molar-refractivity contribution >= 4 is 17.3 Å². The molecule has 3 N–H and O–H groups in total. The van der Waals surface area contributed by atoms with Crippen LogP contribution in [0.15, 0.2) is 30.6 Å². The van der Waals surface area contributed by atoms with Gasteiger partial charge in [0.2, 0.25) is 0 Å². The zero-order valence-electron chi connectivity index (χ0n) is 12.4. The van der Waals surface area contributed by atoms with Gasteiger partial charge in [-0.3, -0.25) is 0 Å². The number of hydrogen-bond acceptors (Lipinski definition) is 4. The Labute approximate surface area is 120 Å². The van der Waals surface area contributed by atoms with Crippen LogP contribution in [0.3, 0.4) is 0 Å². The topological polar surface area (TPSA) is 63.8 Å². The van der Waals surface area contributed by atoms with Gasteiger partial charge in [-0.05, 0) is 30.0 Å². The van der Waals surface area contributed by atoms with Crippen molar-refractivity contribution in [2.45, 2.75) is 39.5 Å². The van der Waals surface area contributed by atoms with Crippen LogP contribution in [0.25, 0.3) is 0 Å². The van der Waals surface area contributed by atoms with Crippen LogP contribution in [0, 0.1) is 0 Å². The van der Waals surface area contributed by atoms with Crippen LogP contribution in [0.2, 0.25) is 0 Å². The number of nitrogens with one attached hydrogen (secondary N) is 1. The van der Waals surface area contributed by atoms with Gasteiger partial charge in [0.25, 0.3) is 0 Å². The van der Waals surface area contributed by atoms with Crippen molar-refractivity contribution in [3.63, 3.8) is 0 Å². The van der Waals surface area contributed by atoms with Crippen LogP contribution in [0.1, 0.15) is 44.2 Å². The summed E-state index contributed by atoms with van der Waals surface area (Å²) >= 11 is 0. The standard InChI is InChI=1S/C16H22N4/c1-4-5-12-6-8-13(9-7-12)20-16-14(11(2)3)15(17)18-10-19-16/h6-11H,4-5H2,1-3H3,(H3,17,18,19,20). The number of rotatable bonds is 5. The van der Waals surface area contributed by atoms with E-state index in [2.05, 4.69) is 60.3 Å². The molecule has 0 atom stereocenters. The van der Waals surface area contributed by atoms with E-state index in [1.165, 1.54) is 11.9 Å². The maximum absolute atomic E-state index is 5.95. The first-order chi connectivity index (χ1) is 9.61. The molecule has 0 saturated carbocycles. The van der Waals surface area contributed by atoms with Crippen LogP contribution in [0.4, 0.5) is 17.3 Å². The van der Waals surface area contributed by atoms with Gasteiger partial charge in [0.15, 0.2) is 0 Å². The quantitative estimate of drug-likeness (QED) is 0.865. The Kier molecular flexibility index (Phi) is 4.56. The molecule has 0 aliphatic rings. The lowest BCUT2D eigenvalue weighted by Crippen LogP contribution is -2.06. The van der Waals surface area contributed by atoms with Crippen molar-refractivity contribution < 1.29 is 0 Å². The third kappa shape index (κ3) is 3.26. The van der Waals surface area contributed by atoms with Crippen molar-refractivity contribution in [2.75, 3.05) is 11.1 Å². The Morgan fingerprint density at radius 2 is 1.85 bits per heavy atom. The van der Waals surface area contributed by atoms with Gasteiger partial charge in [-0.1, -0.05) is 39.3 Å². The second kappa shape index (κ2) is 6.37. The first kappa shape index (κ1) is 14.3. The van der Waals surface area contributed by atoms with E-state index in [1.807, 2.05) is 0 Å². The summed E-state index contributed by atoms with van der Waals surface area (Å²) in [4.78, 5) is 8.38. The molecule has 4 heteroatoms. The Morgan fingerprint density at radius 1 is 1.15 bits per heavy atom. The minimum absolute atomic E-state index is 0.276. The molecule has 0 unspecified atom stereocenters. The highest BCUT2D eigenvalue weighted by Crippen LogP contribution is 2.28. The van der Waals surface area contributed by atoms with Gasteiger partial charge in [-0.15, -0.1) is 0 Å². The fraction of sp³-hybridized carbons (Fsp3) is 0.375. The number of nitrogens with zero attached hydrogens (tertiary/aromatic N) is 2. The molecule has 0 radical (unpaired) electrons. The molecule has 0 bridgehead atoms. The molecule has 4 nitrogen and oxygen atoms in total. The Bertz CT molecular complexity index is 561. The van der Waals surface area contributed by atoms with Crippen LogP contribution in [-0.2, 0) is 6.42 Å². The summed E-state index contributed by atoms with van der Waals surface area (Å²) in [7, 11) is 0. The van der Waals surface area contributed by atoms with Gasteiger partial charge in [-0.2, -0.15) is 0 Å². The van der Waals surface area contributed by atoms with Crippen molar-refractivity contribution in [2.24, 2.45) is 0 Å². The fourth-order valence-electron chi connectivity index (χ4n) is 2.26. The summed E-state index contributed by atoms with van der Waals surface area (Å²) in [6.45, 7) is 6.36. The molecule has 20 heavy (non-hydrogen) atoms. The molecule has 106 valence electrons. The lowest BCUT2D eigenvalue weighted by Gasteiger charge is -2.15. The van der Waals surface area contributed by atoms with Crippen LogP contribution < -0.4 is 11.1 Å². The fourth-order valence-corrected chi connectivity index (χ4v) is 2.26. The highest BCUT2D eigenvalue weighted by molar-refractivity contribution is 5.64. The van der Waals surface area contributed by atoms with E-state index in [4.69, 9.17) is 5.73 Å². The zero-order valence-corrected chi connectivity index (χ0v) is 12.4. The summed E-state index contributed by atoms with van der Waals surface area (Å²) < 4.78 is 0. The first-order valence-corrected chi connectivity index (χ1v) is 7.08. The number of aryl methyl sites for hydroxylation is 1. The first-order valence-electron chi connectivity index (χ1n) is 7.08. The lowest BCUT2D eigenvalue weighted by atomic mass is 10.0. The second-order valence-corrected chi connectivity index (χ2v) is 5.25. The predicted molar refractivity (Wildman–Crippen MR) is 84.3 cm³/mol. The summed E-state index contributed by atoms with van der Waals surface area (Å²) in [5.74, 6) is 1.61. The van der Waals surface area contributed by atoms with Crippen molar-refractivity contribution in [1.29, 1.82) is 0 Å². The van der Waals surface area contributed by atoms with E-state index in [-0.39, 0.29) is 5.92 Å². The number of benzene rings is 1. The molecule has 0 amide bonds. The van der Waals surface area contributed by atoms with Crippen LogP contribution >= 0.6 is 0 Å². The Hall–Kier alpha value is -2.10. The molecular weight excluding hydrogens is 248 g/mol. The molecule has 2 aromatic rings. The molecule has 0 spiro atoms. The van der Waals surface area contributed by atoms with Gasteiger partial charge in [-0.25, -0.2) is 9.97 Å². The van der Waals surface area contributed by atoms with E-state index in [0.29, 0.717) is 5.82 Å². The maximum atomic E-state index is 5.95. The molecule has 0 saturated heterocycles. The average Bonchev–Trinajstić information content (AvgIpc) is 2.41. The molecule has 1 aromatic carbocycles. The summed E-state index contributed by atoms with van der Waals surface area (Å²) in [6.07, 6.45) is 3.76. The number of anilines is 3. The minimum Gasteiger partial charge on any atom is -0.383 e. The number of nitrogen functional groups attached to an aromatic ring is 1. The van der Waals surface area contributed by atoms with Gasteiger partial charge in [0.1, 0.15) is 18.0 Å². The maximum Gasteiger partial charge on any atom is 0.139 e. The van der Waals surface area contributed by atoms with E-state index < -0.39 is 0 Å². The molecule has 0 aliphatic heterocycles. The molecule has 1 aromatic heterocycles. The monoisotopic (exact) mass is 270 g/mol. The zero-order chi connectivity index (χ0) is 14.5. The van der Waals surface area contributed by atoms with E-state index in [9.17, 15) is 0 Å². The Balaban J connectivity index is 2.23. The molecular formula is C16H22N4. The summed E-state index contributed by atoms with van der Waals surface area (Å²) in [6, 6.07) is 8.44. The smallest absolute Gasteiger partial charge is 0.139 e. The van der Waals surface area contributed by atoms with Gasteiger partial charge >= 0.3 is 0 Å². The number of hydrogen-bond donors (Lipinski definition) is 2. The third-order valence-electron chi connectivity index (χ3n) is 3.25. The molecule has 0 aliphatic carbocycles. The lowest BCUT2D eigenvalue weighted by molar-refractivity contribution is 0.855. The molecule has 1 heterocycles.